The number of aliphatic hydroxyl groups excluding tert-OH is 1. The monoisotopic (exact) mass is 158 g/mol. The number of hydrogen-bond donors (Lipinski definition) is 1. The van der Waals surface area contributed by atoms with E-state index in [1.165, 1.54) is 6.92 Å². The van der Waals surface area contributed by atoms with Crippen molar-refractivity contribution < 1.29 is 24.2 Å². The third-order valence-corrected chi connectivity index (χ3v) is 1.06. The molecule has 0 bridgehead atoms. The molecule has 1 N–H and O–H groups in total. The first kappa shape index (κ1) is 7.59. The predicted octanol–water partition coefficient (Wildman–Crippen LogP) is -0.124. The Morgan fingerprint density at radius 3 is 2.73 bits per heavy atom. The highest BCUT2D eigenvalue weighted by atomic mass is 16.6. The zero-order valence-electron chi connectivity index (χ0n) is 5.79. The quantitative estimate of drug-likeness (QED) is 0.538. The molecule has 0 atom stereocenters. The number of ether oxygens (including phenoxy) is 2. The largest absolute Gasteiger partial charge is 0.499 e. The summed E-state index contributed by atoms with van der Waals surface area (Å²) in [4.78, 5) is 20.8. The van der Waals surface area contributed by atoms with Crippen LogP contribution in [0.3, 0.4) is 0 Å². The van der Waals surface area contributed by atoms with Crippen LogP contribution in [0.1, 0.15) is 6.92 Å². The van der Waals surface area contributed by atoms with Crippen LogP contribution in [0, 0.1) is 0 Å². The normalized spacial score (nSPS) is 16.6. The number of aliphatic hydroxyl groups is 1. The fourth-order valence-corrected chi connectivity index (χ4v) is 0.633. The molecule has 5 heteroatoms. The SMILES string of the molecule is CC(=O)OC1=C(O)C(=O)OC1. The minimum atomic E-state index is -0.860. The topological polar surface area (TPSA) is 72.8 Å². The van der Waals surface area contributed by atoms with Crippen LogP contribution in [0.2, 0.25) is 0 Å². The van der Waals surface area contributed by atoms with Gasteiger partial charge in [0.05, 0.1) is 0 Å². The van der Waals surface area contributed by atoms with E-state index in [0.717, 1.165) is 0 Å². The smallest absolute Gasteiger partial charge is 0.377 e. The molecule has 0 saturated carbocycles. The summed E-state index contributed by atoms with van der Waals surface area (Å²) in [6.07, 6.45) is 0. The van der Waals surface area contributed by atoms with Crippen LogP contribution in [0.15, 0.2) is 11.5 Å². The van der Waals surface area contributed by atoms with Crippen molar-refractivity contribution in [2.24, 2.45) is 0 Å². The van der Waals surface area contributed by atoms with Crippen LogP contribution in [-0.4, -0.2) is 23.7 Å². The number of esters is 2. The van der Waals surface area contributed by atoms with E-state index >= 15 is 0 Å². The van der Waals surface area contributed by atoms with Crippen molar-refractivity contribution >= 4 is 11.9 Å². The Labute approximate surface area is 62.2 Å². The summed E-state index contributed by atoms with van der Waals surface area (Å²) in [7, 11) is 0. The maximum Gasteiger partial charge on any atom is 0.377 e. The molecule has 5 nitrogen and oxygen atoms in total. The molecule has 1 rings (SSSR count). The molecule has 0 aromatic carbocycles. The fraction of sp³-hybridized carbons (Fsp3) is 0.333. The lowest BCUT2D eigenvalue weighted by Gasteiger charge is -1.97. The highest BCUT2D eigenvalue weighted by molar-refractivity contribution is 5.89. The van der Waals surface area contributed by atoms with Gasteiger partial charge >= 0.3 is 11.9 Å². The summed E-state index contributed by atoms with van der Waals surface area (Å²) in [6, 6.07) is 0. The van der Waals surface area contributed by atoms with Gasteiger partial charge in [0.1, 0.15) is 0 Å². The van der Waals surface area contributed by atoms with Gasteiger partial charge in [-0.15, -0.1) is 0 Å². The average Bonchev–Trinajstić information content (AvgIpc) is 2.18. The number of carbonyl (C=O) groups excluding carboxylic acids is 2. The molecule has 11 heavy (non-hydrogen) atoms. The van der Waals surface area contributed by atoms with Crippen LogP contribution in [0.4, 0.5) is 0 Å². The predicted molar refractivity (Wildman–Crippen MR) is 32.4 cm³/mol. The molecule has 0 aliphatic carbocycles. The lowest BCUT2D eigenvalue weighted by Crippen LogP contribution is -2.01. The molecule has 1 aliphatic heterocycles. The van der Waals surface area contributed by atoms with Gasteiger partial charge in [-0.1, -0.05) is 0 Å². The van der Waals surface area contributed by atoms with Gasteiger partial charge in [-0.05, 0) is 0 Å². The van der Waals surface area contributed by atoms with Gasteiger partial charge in [-0.2, -0.15) is 0 Å². The molecule has 0 amide bonds. The summed E-state index contributed by atoms with van der Waals surface area (Å²) in [6.45, 7) is 0.993. The van der Waals surface area contributed by atoms with Crippen LogP contribution in [0.25, 0.3) is 0 Å². The molecule has 0 spiro atoms. The maximum atomic E-state index is 10.4. The van der Waals surface area contributed by atoms with E-state index in [-0.39, 0.29) is 12.4 Å². The Morgan fingerprint density at radius 2 is 2.36 bits per heavy atom. The van der Waals surface area contributed by atoms with Crippen LogP contribution in [0.5, 0.6) is 0 Å². The second kappa shape index (κ2) is 2.61. The van der Waals surface area contributed by atoms with Crippen molar-refractivity contribution in [3.05, 3.63) is 11.5 Å². The summed E-state index contributed by atoms with van der Waals surface area (Å²) in [5.41, 5.74) is 0. The van der Waals surface area contributed by atoms with E-state index in [9.17, 15) is 9.59 Å². The zero-order valence-corrected chi connectivity index (χ0v) is 5.79. The van der Waals surface area contributed by atoms with Crippen molar-refractivity contribution in [1.29, 1.82) is 0 Å². The van der Waals surface area contributed by atoms with E-state index in [2.05, 4.69) is 9.47 Å². The first-order valence-electron chi connectivity index (χ1n) is 2.89. The van der Waals surface area contributed by atoms with E-state index in [1.54, 1.807) is 0 Å². The summed E-state index contributed by atoms with van der Waals surface area (Å²) >= 11 is 0. The van der Waals surface area contributed by atoms with Crippen LogP contribution < -0.4 is 0 Å². The molecule has 0 unspecified atom stereocenters. The van der Waals surface area contributed by atoms with E-state index in [1.807, 2.05) is 0 Å². The Hall–Kier alpha value is -1.52. The second-order valence-corrected chi connectivity index (χ2v) is 1.94. The summed E-state index contributed by atoms with van der Waals surface area (Å²) in [5, 5.41) is 8.83. The lowest BCUT2D eigenvalue weighted by molar-refractivity contribution is -0.140. The fourth-order valence-electron chi connectivity index (χ4n) is 0.633. The minimum Gasteiger partial charge on any atom is -0.499 e. The van der Waals surface area contributed by atoms with E-state index in [0.29, 0.717) is 0 Å². The van der Waals surface area contributed by atoms with Gasteiger partial charge < -0.3 is 14.6 Å². The first-order valence-corrected chi connectivity index (χ1v) is 2.89. The Balaban J connectivity index is 2.72. The average molecular weight is 158 g/mol. The molecule has 0 radical (unpaired) electrons. The number of rotatable bonds is 1. The van der Waals surface area contributed by atoms with E-state index in [4.69, 9.17) is 5.11 Å². The van der Waals surface area contributed by atoms with Crippen molar-refractivity contribution in [3.63, 3.8) is 0 Å². The maximum absolute atomic E-state index is 10.4. The number of carbonyl (C=O) groups is 2. The van der Waals surface area contributed by atoms with Gasteiger partial charge in [0.2, 0.25) is 5.76 Å². The molecule has 0 aromatic heterocycles. The first-order chi connectivity index (χ1) is 5.11. The van der Waals surface area contributed by atoms with Crippen molar-refractivity contribution in [2.45, 2.75) is 6.92 Å². The van der Waals surface area contributed by atoms with E-state index < -0.39 is 17.7 Å². The number of hydrogen-bond acceptors (Lipinski definition) is 5. The lowest BCUT2D eigenvalue weighted by atomic mass is 10.4. The van der Waals surface area contributed by atoms with Crippen LogP contribution in [-0.2, 0) is 19.1 Å². The number of cyclic esters (lactones) is 1. The molecule has 1 heterocycles. The zero-order chi connectivity index (χ0) is 8.43. The standard InChI is InChI=1S/C6H6O5/c1-3(7)11-4-2-10-6(9)5(4)8/h8H,2H2,1H3. The molecule has 60 valence electrons. The summed E-state index contributed by atoms with van der Waals surface area (Å²) < 4.78 is 8.78. The van der Waals surface area contributed by atoms with Crippen molar-refractivity contribution in [3.8, 4) is 0 Å². The van der Waals surface area contributed by atoms with Gasteiger partial charge in [0.15, 0.2) is 12.4 Å². The van der Waals surface area contributed by atoms with Gasteiger partial charge in [-0.3, -0.25) is 4.79 Å². The molecule has 0 fully saturated rings. The Bertz CT molecular complexity index is 239. The minimum absolute atomic E-state index is 0.123. The molecule has 0 aromatic rings. The van der Waals surface area contributed by atoms with Crippen molar-refractivity contribution in [1.82, 2.24) is 0 Å². The third kappa shape index (κ3) is 1.49. The van der Waals surface area contributed by atoms with Crippen molar-refractivity contribution in [2.75, 3.05) is 6.61 Å². The van der Waals surface area contributed by atoms with Gasteiger partial charge in [-0.25, -0.2) is 4.79 Å². The molecular weight excluding hydrogens is 152 g/mol. The third-order valence-electron chi connectivity index (χ3n) is 1.06. The molecular formula is C6H6O5. The van der Waals surface area contributed by atoms with Crippen LogP contribution >= 0.6 is 0 Å². The molecule has 1 aliphatic rings. The summed E-state index contributed by atoms with van der Waals surface area (Å²) in [5.74, 6) is -2.20. The Kier molecular flexibility index (Phi) is 1.80. The highest BCUT2D eigenvalue weighted by Crippen LogP contribution is 2.13. The van der Waals surface area contributed by atoms with Gasteiger partial charge in [0, 0.05) is 6.92 Å². The van der Waals surface area contributed by atoms with Gasteiger partial charge in [0.25, 0.3) is 0 Å². The molecule has 0 saturated heterocycles. The highest BCUT2D eigenvalue weighted by Gasteiger charge is 2.26. The Morgan fingerprint density at radius 1 is 1.73 bits per heavy atom. The second-order valence-electron chi connectivity index (χ2n) is 1.94.